The lowest BCUT2D eigenvalue weighted by Crippen LogP contribution is -2.38. The minimum atomic E-state index is -3.60. The molecule has 134 valence electrons. The van der Waals surface area contributed by atoms with Crippen LogP contribution in [-0.4, -0.2) is 44.9 Å². The Hall–Kier alpha value is -1.60. The van der Waals surface area contributed by atoms with Crippen LogP contribution in [0.25, 0.3) is 0 Å². The van der Waals surface area contributed by atoms with E-state index in [9.17, 15) is 13.2 Å². The van der Waals surface area contributed by atoms with Crippen molar-refractivity contribution in [3.05, 3.63) is 23.8 Å². The SMILES string of the molecule is COc1ccc(S(=O)(=O)N2CCC(C)CC2)cc1C(=O)NC(C)C. The first-order valence-electron chi connectivity index (χ1n) is 8.24. The molecule has 0 spiro atoms. The molecule has 1 saturated heterocycles. The van der Waals surface area contributed by atoms with Crippen molar-refractivity contribution in [3.63, 3.8) is 0 Å². The topological polar surface area (TPSA) is 75.7 Å². The molecule has 0 aliphatic carbocycles. The van der Waals surface area contributed by atoms with Crippen molar-refractivity contribution in [2.75, 3.05) is 20.2 Å². The summed E-state index contributed by atoms with van der Waals surface area (Å²) >= 11 is 0. The number of ether oxygens (including phenoxy) is 1. The summed E-state index contributed by atoms with van der Waals surface area (Å²) in [4.78, 5) is 12.5. The van der Waals surface area contributed by atoms with Gasteiger partial charge in [-0.05, 0) is 50.8 Å². The molecule has 1 aliphatic heterocycles. The van der Waals surface area contributed by atoms with Crippen molar-refractivity contribution in [1.82, 2.24) is 9.62 Å². The van der Waals surface area contributed by atoms with Gasteiger partial charge in [-0.3, -0.25) is 4.79 Å². The standard InChI is InChI=1S/C17H26N2O4S/c1-12(2)18-17(20)15-11-14(5-6-16(15)23-4)24(21,22)19-9-7-13(3)8-10-19/h5-6,11-13H,7-10H2,1-4H3,(H,18,20). The maximum atomic E-state index is 12.8. The van der Waals surface area contributed by atoms with E-state index in [1.807, 2.05) is 13.8 Å². The third kappa shape index (κ3) is 4.08. The molecule has 1 aromatic carbocycles. The zero-order valence-corrected chi connectivity index (χ0v) is 15.5. The highest BCUT2D eigenvalue weighted by Crippen LogP contribution is 2.27. The molecule has 0 atom stereocenters. The molecule has 0 radical (unpaired) electrons. The van der Waals surface area contributed by atoms with Crippen LogP contribution in [0.1, 0.15) is 44.0 Å². The number of nitrogens with zero attached hydrogens (tertiary/aromatic N) is 1. The number of amides is 1. The summed E-state index contributed by atoms with van der Waals surface area (Å²) in [6, 6.07) is 4.39. The molecule has 1 amide bonds. The van der Waals surface area contributed by atoms with Crippen molar-refractivity contribution in [2.45, 2.75) is 44.6 Å². The molecule has 24 heavy (non-hydrogen) atoms. The molecule has 1 aliphatic rings. The maximum Gasteiger partial charge on any atom is 0.255 e. The van der Waals surface area contributed by atoms with E-state index < -0.39 is 10.0 Å². The van der Waals surface area contributed by atoms with Crippen LogP contribution in [-0.2, 0) is 10.0 Å². The van der Waals surface area contributed by atoms with E-state index in [2.05, 4.69) is 12.2 Å². The summed E-state index contributed by atoms with van der Waals surface area (Å²) in [6.45, 7) is 6.86. The fourth-order valence-corrected chi connectivity index (χ4v) is 4.24. The average molecular weight is 354 g/mol. The molecule has 0 unspecified atom stereocenters. The Morgan fingerprint density at radius 1 is 1.29 bits per heavy atom. The zero-order valence-electron chi connectivity index (χ0n) is 14.7. The molecule has 0 saturated carbocycles. The number of piperidine rings is 1. The van der Waals surface area contributed by atoms with Crippen LogP contribution >= 0.6 is 0 Å². The van der Waals surface area contributed by atoms with Crippen molar-refractivity contribution >= 4 is 15.9 Å². The molecule has 1 aromatic rings. The first-order chi connectivity index (χ1) is 11.3. The quantitative estimate of drug-likeness (QED) is 0.880. The van der Waals surface area contributed by atoms with E-state index in [4.69, 9.17) is 4.74 Å². The number of benzene rings is 1. The molecular weight excluding hydrogens is 328 g/mol. The van der Waals surface area contributed by atoms with Crippen LogP contribution in [0.4, 0.5) is 0 Å². The Labute approximate surface area is 144 Å². The average Bonchev–Trinajstić information content (AvgIpc) is 2.54. The summed E-state index contributed by atoms with van der Waals surface area (Å²) < 4.78 is 32.4. The predicted octanol–water partition coefficient (Wildman–Crippen LogP) is 2.25. The monoisotopic (exact) mass is 354 g/mol. The number of hydrogen-bond donors (Lipinski definition) is 1. The van der Waals surface area contributed by atoms with E-state index in [0.717, 1.165) is 12.8 Å². The highest BCUT2D eigenvalue weighted by atomic mass is 32.2. The van der Waals surface area contributed by atoms with E-state index in [-0.39, 0.29) is 22.4 Å². The van der Waals surface area contributed by atoms with E-state index >= 15 is 0 Å². The van der Waals surface area contributed by atoms with Crippen molar-refractivity contribution in [1.29, 1.82) is 0 Å². The summed E-state index contributed by atoms with van der Waals surface area (Å²) in [5.74, 6) is 0.560. The van der Waals surface area contributed by atoms with E-state index in [0.29, 0.717) is 24.8 Å². The minimum Gasteiger partial charge on any atom is -0.496 e. The molecule has 1 N–H and O–H groups in total. The Morgan fingerprint density at radius 3 is 2.46 bits per heavy atom. The normalized spacial score (nSPS) is 17.0. The van der Waals surface area contributed by atoms with Crippen LogP contribution in [0.5, 0.6) is 5.75 Å². The van der Waals surface area contributed by atoms with Gasteiger partial charge in [0.15, 0.2) is 0 Å². The van der Waals surface area contributed by atoms with Crippen molar-refractivity contribution in [2.24, 2.45) is 5.92 Å². The smallest absolute Gasteiger partial charge is 0.255 e. The number of carbonyl (C=O) groups is 1. The van der Waals surface area contributed by atoms with Crippen molar-refractivity contribution < 1.29 is 17.9 Å². The number of nitrogens with one attached hydrogen (secondary N) is 1. The minimum absolute atomic E-state index is 0.0500. The van der Waals surface area contributed by atoms with Crippen molar-refractivity contribution in [3.8, 4) is 5.75 Å². The number of rotatable bonds is 5. The second-order valence-electron chi connectivity index (χ2n) is 6.58. The highest BCUT2D eigenvalue weighted by molar-refractivity contribution is 7.89. The molecule has 1 heterocycles. The van der Waals surface area contributed by atoms with Gasteiger partial charge in [-0.15, -0.1) is 0 Å². The number of carbonyl (C=O) groups excluding carboxylic acids is 1. The summed E-state index contributed by atoms with van der Waals surface area (Å²) in [5.41, 5.74) is 0.234. The van der Waals surface area contributed by atoms with Gasteiger partial charge in [-0.2, -0.15) is 4.31 Å². The zero-order chi connectivity index (χ0) is 17.9. The maximum absolute atomic E-state index is 12.8. The second-order valence-corrected chi connectivity index (χ2v) is 8.51. The van der Waals surface area contributed by atoms with Gasteiger partial charge >= 0.3 is 0 Å². The fraction of sp³-hybridized carbons (Fsp3) is 0.588. The van der Waals surface area contributed by atoms with Crippen LogP contribution in [0.2, 0.25) is 0 Å². The molecule has 0 bridgehead atoms. The van der Waals surface area contributed by atoms with E-state index in [1.54, 1.807) is 0 Å². The Morgan fingerprint density at radius 2 is 1.92 bits per heavy atom. The van der Waals surface area contributed by atoms with Gasteiger partial charge in [0.2, 0.25) is 10.0 Å². The lowest BCUT2D eigenvalue weighted by atomic mass is 10.0. The molecule has 1 fully saturated rings. The van der Waals surface area contributed by atoms with Gasteiger partial charge < -0.3 is 10.1 Å². The molecule has 6 nitrogen and oxygen atoms in total. The van der Waals surface area contributed by atoms with Crippen LogP contribution < -0.4 is 10.1 Å². The number of hydrogen-bond acceptors (Lipinski definition) is 4. The number of methoxy groups -OCH3 is 1. The molecular formula is C17H26N2O4S. The first kappa shape index (κ1) is 18.7. The Kier molecular flexibility index (Phi) is 5.87. The first-order valence-corrected chi connectivity index (χ1v) is 9.68. The largest absolute Gasteiger partial charge is 0.496 e. The third-order valence-corrected chi connectivity index (χ3v) is 6.11. The van der Waals surface area contributed by atoms with Gasteiger partial charge in [0.05, 0.1) is 17.6 Å². The lowest BCUT2D eigenvalue weighted by Gasteiger charge is -2.29. The van der Waals surface area contributed by atoms with Gasteiger partial charge in [-0.25, -0.2) is 8.42 Å². The molecule has 0 aromatic heterocycles. The Balaban J connectivity index is 2.35. The van der Waals surface area contributed by atoms with Gasteiger partial charge in [0.25, 0.3) is 5.91 Å². The summed E-state index contributed by atoms with van der Waals surface area (Å²) in [5, 5.41) is 2.77. The van der Waals surface area contributed by atoms with Crippen LogP contribution in [0, 0.1) is 5.92 Å². The van der Waals surface area contributed by atoms with Gasteiger partial charge in [-0.1, -0.05) is 6.92 Å². The van der Waals surface area contributed by atoms with Gasteiger partial charge in [0.1, 0.15) is 5.75 Å². The Bertz CT molecular complexity index is 693. The number of sulfonamides is 1. The molecule has 7 heteroatoms. The van der Waals surface area contributed by atoms with Crippen LogP contribution in [0.15, 0.2) is 23.1 Å². The summed E-state index contributed by atoms with van der Waals surface area (Å²) in [7, 11) is -2.14. The molecule has 2 rings (SSSR count). The lowest BCUT2D eigenvalue weighted by molar-refractivity contribution is 0.0940. The van der Waals surface area contributed by atoms with E-state index in [1.165, 1.54) is 29.6 Å². The second kappa shape index (κ2) is 7.53. The predicted molar refractivity (Wildman–Crippen MR) is 92.8 cm³/mol. The fourth-order valence-electron chi connectivity index (χ4n) is 2.74. The van der Waals surface area contributed by atoms with Gasteiger partial charge in [0, 0.05) is 19.1 Å². The third-order valence-electron chi connectivity index (χ3n) is 4.22. The summed E-state index contributed by atoms with van der Waals surface area (Å²) in [6.07, 6.45) is 1.71. The van der Waals surface area contributed by atoms with Crippen LogP contribution in [0.3, 0.4) is 0 Å². The highest BCUT2D eigenvalue weighted by Gasteiger charge is 2.29.